The first-order valence-corrected chi connectivity index (χ1v) is 8.81. The third-order valence-corrected chi connectivity index (χ3v) is 4.25. The van der Waals surface area contributed by atoms with Crippen LogP contribution >= 0.6 is 0 Å². The second-order valence-corrected chi connectivity index (χ2v) is 6.21. The molecule has 0 bridgehead atoms. The van der Waals surface area contributed by atoms with Gasteiger partial charge in [0.05, 0.1) is 17.1 Å². The van der Waals surface area contributed by atoms with Crippen LogP contribution in [-0.4, -0.2) is 21.2 Å². The van der Waals surface area contributed by atoms with Gasteiger partial charge in [-0.3, -0.25) is 14.0 Å². The molecule has 2 N–H and O–H groups in total. The lowest BCUT2D eigenvalue weighted by Gasteiger charge is -2.04. The van der Waals surface area contributed by atoms with Gasteiger partial charge in [-0.1, -0.05) is 30.3 Å². The summed E-state index contributed by atoms with van der Waals surface area (Å²) in [7, 11) is 0. The molecule has 0 aliphatic rings. The highest BCUT2D eigenvalue weighted by Crippen LogP contribution is 2.17. The number of imidazole rings is 1. The van der Waals surface area contributed by atoms with E-state index in [9.17, 15) is 9.59 Å². The molecule has 2 aromatic heterocycles. The minimum atomic E-state index is -0.486. The third-order valence-electron chi connectivity index (χ3n) is 4.25. The van der Waals surface area contributed by atoms with Crippen LogP contribution in [0.1, 0.15) is 26.7 Å². The summed E-state index contributed by atoms with van der Waals surface area (Å²) in [6.45, 7) is 0. The number of hydrogen-bond donors (Lipinski definition) is 2. The number of nitriles is 1. The van der Waals surface area contributed by atoms with E-state index >= 15 is 0 Å². The molecular weight excluding hydrogens is 366 g/mol. The zero-order valence-corrected chi connectivity index (χ0v) is 15.2. The number of hydrogen-bond acceptors (Lipinski definition) is 4. The number of aromatic nitrogens is 2. The van der Waals surface area contributed by atoms with Crippen molar-refractivity contribution >= 4 is 28.7 Å². The second kappa shape index (κ2) is 7.66. The summed E-state index contributed by atoms with van der Waals surface area (Å²) in [5.41, 5.74) is 2.19. The van der Waals surface area contributed by atoms with Gasteiger partial charge in [0.15, 0.2) is 5.69 Å². The lowest BCUT2D eigenvalue weighted by molar-refractivity contribution is 0.101. The predicted molar refractivity (Wildman–Crippen MR) is 109 cm³/mol. The van der Waals surface area contributed by atoms with Crippen molar-refractivity contribution in [3.63, 3.8) is 0 Å². The van der Waals surface area contributed by atoms with Gasteiger partial charge in [0, 0.05) is 17.6 Å². The van der Waals surface area contributed by atoms with E-state index in [1.807, 2.05) is 24.3 Å². The van der Waals surface area contributed by atoms with E-state index in [0.717, 1.165) is 0 Å². The molecular formula is C22H15N5O2. The molecule has 2 amide bonds. The molecule has 7 nitrogen and oxygen atoms in total. The SMILES string of the molecule is N#Cc1cccc(NC(=O)c2nc(C(=O)Nc3ccccc3)c3ccccn23)c1. The van der Waals surface area contributed by atoms with Crippen LogP contribution in [0.5, 0.6) is 0 Å². The minimum absolute atomic E-state index is 0.0705. The van der Waals surface area contributed by atoms with Crippen LogP contribution in [0.4, 0.5) is 11.4 Å². The molecule has 0 atom stereocenters. The maximum atomic E-state index is 12.8. The average molecular weight is 381 g/mol. The van der Waals surface area contributed by atoms with E-state index in [1.165, 1.54) is 0 Å². The van der Waals surface area contributed by atoms with Crippen molar-refractivity contribution in [2.75, 3.05) is 10.6 Å². The summed E-state index contributed by atoms with van der Waals surface area (Å²) in [6.07, 6.45) is 1.67. The Hall–Kier alpha value is -4.44. The number of pyridine rings is 1. The number of rotatable bonds is 4. The van der Waals surface area contributed by atoms with Gasteiger partial charge >= 0.3 is 0 Å². The fourth-order valence-electron chi connectivity index (χ4n) is 2.93. The van der Waals surface area contributed by atoms with E-state index in [-0.39, 0.29) is 11.5 Å². The Morgan fingerprint density at radius 2 is 1.59 bits per heavy atom. The number of para-hydroxylation sites is 1. The summed E-state index contributed by atoms with van der Waals surface area (Å²) in [4.78, 5) is 29.9. The highest BCUT2D eigenvalue weighted by Gasteiger charge is 2.21. The van der Waals surface area contributed by atoms with E-state index in [1.54, 1.807) is 65.2 Å². The van der Waals surface area contributed by atoms with Gasteiger partial charge in [-0.25, -0.2) is 4.98 Å². The molecule has 4 aromatic rings. The van der Waals surface area contributed by atoms with Crippen LogP contribution < -0.4 is 10.6 Å². The first kappa shape index (κ1) is 17.9. The van der Waals surface area contributed by atoms with Crippen molar-refractivity contribution in [3.8, 4) is 6.07 Å². The Labute approximate surface area is 166 Å². The third kappa shape index (κ3) is 3.68. The average Bonchev–Trinajstić information content (AvgIpc) is 3.15. The van der Waals surface area contributed by atoms with Crippen molar-refractivity contribution in [2.24, 2.45) is 0 Å². The normalized spacial score (nSPS) is 10.3. The second-order valence-electron chi connectivity index (χ2n) is 6.21. The van der Waals surface area contributed by atoms with Crippen LogP contribution in [0.2, 0.25) is 0 Å². The summed E-state index contributed by atoms with van der Waals surface area (Å²) in [6, 6.07) is 22.9. The van der Waals surface area contributed by atoms with Gasteiger partial charge in [-0.15, -0.1) is 0 Å². The van der Waals surface area contributed by atoms with Crippen molar-refractivity contribution in [1.29, 1.82) is 5.26 Å². The van der Waals surface area contributed by atoms with Crippen molar-refractivity contribution in [1.82, 2.24) is 9.38 Å². The highest BCUT2D eigenvalue weighted by molar-refractivity contribution is 6.10. The number of amides is 2. The molecule has 7 heteroatoms. The Balaban J connectivity index is 1.67. The van der Waals surface area contributed by atoms with Crippen molar-refractivity contribution in [3.05, 3.63) is 96.1 Å². The number of nitrogens with zero attached hydrogens (tertiary/aromatic N) is 3. The number of nitrogens with one attached hydrogen (secondary N) is 2. The molecule has 2 heterocycles. The lowest BCUT2D eigenvalue weighted by atomic mass is 10.2. The summed E-state index contributed by atoms with van der Waals surface area (Å²) in [5, 5.41) is 14.5. The molecule has 0 radical (unpaired) electrons. The topological polar surface area (TPSA) is 99.3 Å². The van der Waals surface area contributed by atoms with Crippen LogP contribution in [0, 0.1) is 11.3 Å². The van der Waals surface area contributed by atoms with E-state index in [2.05, 4.69) is 15.6 Å². The lowest BCUT2D eigenvalue weighted by Crippen LogP contribution is -2.16. The molecule has 0 spiro atoms. The highest BCUT2D eigenvalue weighted by atomic mass is 16.2. The van der Waals surface area contributed by atoms with Crippen molar-refractivity contribution < 1.29 is 9.59 Å². The molecule has 0 aliphatic carbocycles. The molecule has 29 heavy (non-hydrogen) atoms. The Kier molecular flexibility index (Phi) is 4.74. The minimum Gasteiger partial charge on any atom is -0.321 e. The van der Waals surface area contributed by atoms with E-state index in [0.29, 0.717) is 22.5 Å². The van der Waals surface area contributed by atoms with Gasteiger partial charge in [-0.05, 0) is 42.5 Å². The molecule has 0 saturated heterocycles. The van der Waals surface area contributed by atoms with E-state index < -0.39 is 11.8 Å². The smallest absolute Gasteiger partial charge is 0.292 e. The largest absolute Gasteiger partial charge is 0.321 e. The van der Waals surface area contributed by atoms with Gasteiger partial charge < -0.3 is 10.6 Å². The summed E-state index contributed by atoms with van der Waals surface area (Å²) >= 11 is 0. The van der Waals surface area contributed by atoms with Crippen LogP contribution in [-0.2, 0) is 0 Å². The molecule has 0 fully saturated rings. The number of carbonyl (C=O) groups is 2. The van der Waals surface area contributed by atoms with Crippen LogP contribution in [0.15, 0.2) is 79.0 Å². The molecule has 4 rings (SSSR count). The van der Waals surface area contributed by atoms with Gasteiger partial charge in [0.2, 0.25) is 5.82 Å². The first-order chi connectivity index (χ1) is 14.2. The maximum Gasteiger partial charge on any atom is 0.292 e. The number of benzene rings is 2. The molecule has 0 saturated carbocycles. The fourth-order valence-corrected chi connectivity index (χ4v) is 2.93. The Morgan fingerprint density at radius 3 is 2.38 bits per heavy atom. The quantitative estimate of drug-likeness (QED) is 0.563. The number of fused-ring (bicyclic) bond motifs is 1. The zero-order valence-electron chi connectivity index (χ0n) is 15.2. The molecule has 0 unspecified atom stereocenters. The first-order valence-electron chi connectivity index (χ1n) is 8.81. The zero-order chi connectivity index (χ0) is 20.2. The van der Waals surface area contributed by atoms with Crippen LogP contribution in [0.3, 0.4) is 0 Å². The molecule has 140 valence electrons. The van der Waals surface area contributed by atoms with E-state index in [4.69, 9.17) is 5.26 Å². The molecule has 2 aromatic carbocycles. The maximum absolute atomic E-state index is 12.8. The Morgan fingerprint density at radius 1 is 0.862 bits per heavy atom. The summed E-state index contributed by atoms with van der Waals surface area (Å²) < 4.78 is 1.56. The van der Waals surface area contributed by atoms with Crippen molar-refractivity contribution in [2.45, 2.75) is 0 Å². The predicted octanol–water partition coefficient (Wildman–Crippen LogP) is 3.71. The van der Waals surface area contributed by atoms with Gasteiger partial charge in [0.1, 0.15) is 0 Å². The van der Waals surface area contributed by atoms with Gasteiger partial charge in [-0.2, -0.15) is 5.26 Å². The number of carbonyl (C=O) groups excluding carboxylic acids is 2. The molecule has 0 aliphatic heterocycles. The monoisotopic (exact) mass is 381 g/mol. The van der Waals surface area contributed by atoms with Gasteiger partial charge in [0.25, 0.3) is 11.8 Å². The summed E-state index contributed by atoms with van der Waals surface area (Å²) in [5.74, 6) is -0.827. The number of anilines is 2. The Bertz CT molecular complexity index is 1260. The van der Waals surface area contributed by atoms with Crippen LogP contribution in [0.25, 0.3) is 5.52 Å². The standard InChI is InChI=1S/C22H15N5O2/c23-14-15-7-6-10-17(13-15)25-22(29)20-26-19(18-11-4-5-12-27(18)20)21(28)24-16-8-2-1-3-9-16/h1-13H,(H,24,28)(H,25,29). The fraction of sp³-hybridized carbons (Fsp3) is 0.